The van der Waals surface area contributed by atoms with Crippen LogP contribution in [-0.2, 0) is 6.42 Å². The number of hydrogen-bond acceptors (Lipinski definition) is 3. The summed E-state index contributed by atoms with van der Waals surface area (Å²) in [6.45, 7) is 18.8. The minimum Gasteiger partial charge on any atom is -0.354 e. The molecule has 4 atom stereocenters. The van der Waals surface area contributed by atoms with Crippen LogP contribution >= 0.6 is 0 Å². The van der Waals surface area contributed by atoms with Crippen molar-refractivity contribution in [1.29, 1.82) is 0 Å². The Labute approximate surface area is 366 Å². The number of benzene rings is 5. The van der Waals surface area contributed by atoms with E-state index in [0.717, 1.165) is 29.9 Å². The molecule has 0 aliphatic heterocycles. The Morgan fingerprint density at radius 3 is 1.94 bits per heavy atom. The highest BCUT2D eigenvalue weighted by molar-refractivity contribution is 6.05. The zero-order valence-corrected chi connectivity index (χ0v) is 37.2. The van der Waals surface area contributed by atoms with E-state index in [9.17, 15) is 0 Å². The predicted octanol–water partition coefficient (Wildman–Crippen LogP) is 15.3. The summed E-state index contributed by atoms with van der Waals surface area (Å²) in [5.74, 6) is 1.24. The van der Waals surface area contributed by atoms with E-state index >= 15 is 0 Å². The van der Waals surface area contributed by atoms with Crippen molar-refractivity contribution in [2.75, 3.05) is 5.32 Å². The van der Waals surface area contributed by atoms with Crippen LogP contribution in [0.3, 0.4) is 0 Å². The minimum absolute atomic E-state index is 0.284. The van der Waals surface area contributed by atoms with Crippen LogP contribution in [0.15, 0.2) is 122 Å². The van der Waals surface area contributed by atoms with Gasteiger partial charge >= 0.3 is 0 Å². The molecule has 0 spiro atoms. The number of hydrogen-bond donors (Lipinski definition) is 1. The molecule has 0 amide bonds. The first-order valence-electron chi connectivity index (χ1n) is 22.6. The largest absolute Gasteiger partial charge is 0.354 e. The molecule has 306 valence electrons. The van der Waals surface area contributed by atoms with Crippen molar-refractivity contribution in [1.82, 2.24) is 14.5 Å². The number of aryl methyl sites for hydroxylation is 4. The van der Waals surface area contributed by atoms with Gasteiger partial charge in [-0.15, -0.1) is 0 Å². The van der Waals surface area contributed by atoms with Crippen LogP contribution in [0.4, 0.5) is 11.4 Å². The van der Waals surface area contributed by atoms with Crippen LogP contribution in [-0.4, -0.2) is 14.5 Å². The van der Waals surface area contributed by atoms with Gasteiger partial charge in [-0.2, -0.15) is 0 Å². The third kappa shape index (κ3) is 5.94. The van der Waals surface area contributed by atoms with Gasteiger partial charge in [-0.1, -0.05) is 93.4 Å². The smallest absolute Gasteiger partial charge is 0.0642 e. The number of rotatable bonds is 6. The van der Waals surface area contributed by atoms with Gasteiger partial charge in [0.1, 0.15) is 0 Å². The van der Waals surface area contributed by atoms with E-state index in [-0.39, 0.29) is 5.92 Å². The van der Waals surface area contributed by atoms with Crippen LogP contribution in [0.25, 0.3) is 61.6 Å². The van der Waals surface area contributed by atoms with Crippen LogP contribution < -0.4 is 5.32 Å². The summed E-state index contributed by atoms with van der Waals surface area (Å²) in [4.78, 5) is 9.13. The highest BCUT2D eigenvalue weighted by Crippen LogP contribution is 2.60. The van der Waals surface area contributed by atoms with E-state index in [1.54, 1.807) is 0 Å². The van der Waals surface area contributed by atoms with Gasteiger partial charge in [0.2, 0.25) is 0 Å². The average Bonchev–Trinajstić information content (AvgIpc) is 3.62. The molecule has 0 bridgehead atoms. The Morgan fingerprint density at radius 1 is 0.581 bits per heavy atom. The summed E-state index contributed by atoms with van der Waals surface area (Å²) in [7, 11) is 0. The molecule has 3 aliphatic carbocycles. The van der Waals surface area contributed by atoms with Crippen molar-refractivity contribution in [3.63, 3.8) is 0 Å². The molecule has 3 aliphatic rings. The summed E-state index contributed by atoms with van der Waals surface area (Å²) in [5, 5.41) is 5.16. The second kappa shape index (κ2) is 14.6. The number of nitrogens with one attached hydrogen (secondary N) is 1. The lowest BCUT2D eigenvalue weighted by molar-refractivity contribution is 0.582. The maximum atomic E-state index is 4.69. The standard InChI is InChI=1S/C58H54N4/c1-32-13-15-34(3)45(23-32)40-17-19-53(61-43-11-9-21-59-30-43)50(25-40)42-27-47-36(5)37(6)49-29-52-51-26-41(46-24-33(2)14-16-35(46)4)18-20-54(51)62(44-12-10-22-60-31-44)58(52)55-39(8)38(7)48(28-42)56(47)57(49)55/h9-17,19,21-31,36-39,61H,18,20H2,1-8H3. The van der Waals surface area contributed by atoms with E-state index in [4.69, 9.17) is 0 Å². The van der Waals surface area contributed by atoms with Crippen molar-refractivity contribution in [3.8, 4) is 39.1 Å². The molecule has 0 fully saturated rings. The van der Waals surface area contributed by atoms with Gasteiger partial charge in [0.05, 0.1) is 29.3 Å². The first kappa shape index (κ1) is 38.4. The Morgan fingerprint density at radius 2 is 1.24 bits per heavy atom. The Kier molecular flexibility index (Phi) is 9.01. The number of anilines is 2. The molecule has 1 N–H and O–H groups in total. The summed E-state index contributed by atoms with van der Waals surface area (Å²) < 4.78 is 2.60. The summed E-state index contributed by atoms with van der Waals surface area (Å²) >= 11 is 0. The molecule has 0 saturated carbocycles. The predicted molar refractivity (Wildman–Crippen MR) is 260 cm³/mol. The molecular formula is C58H54N4. The number of allylic oxidation sites excluding steroid dienone is 1. The molecule has 4 nitrogen and oxygen atoms in total. The van der Waals surface area contributed by atoms with E-state index in [1.807, 2.05) is 24.7 Å². The Bertz CT molecular complexity index is 3130. The van der Waals surface area contributed by atoms with Gasteiger partial charge in [-0.3, -0.25) is 9.97 Å². The summed E-state index contributed by atoms with van der Waals surface area (Å²) in [6.07, 6.45) is 12.2. The van der Waals surface area contributed by atoms with Crippen molar-refractivity contribution < 1.29 is 0 Å². The average molecular weight is 807 g/mol. The molecule has 3 heterocycles. The highest BCUT2D eigenvalue weighted by Gasteiger charge is 2.41. The van der Waals surface area contributed by atoms with Crippen LogP contribution in [0.2, 0.25) is 0 Å². The van der Waals surface area contributed by atoms with Crippen molar-refractivity contribution in [3.05, 3.63) is 183 Å². The van der Waals surface area contributed by atoms with Gasteiger partial charge in [0.25, 0.3) is 0 Å². The normalized spacial score (nSPS) is 18.6. The molecule has 11 rings (SSSR count). The van der Waals surface area contributed by atoms with E-state index < -0.39 is 0 Å². The monoisotopic (exact) mass is 806 g/mol. The molecule has 0 radical (unpaired) electrons. The second-order valence-electron chi connectivity index (χ2n) is 18.7. The first-order chi connectivity index (χ1) is 30.0. The van der Waals surface area contributed by atoms with Crippen molar-refractivity contribution in [2.24, 2.45) is 0 Å². The van der Waals surface area contributed by atoms with Crippen molar-refractivity contribution >= 4 is 33.9 Å². The zero-order chi connectivity index (χ0) is 42.6. The third-order valence-electron chi connectivity index (χ3n) is 14.9. The van der Waals surface area contributed by atoms with Crippen LogP contribution in [0.1, 0.15) is 119 Å². The summed E-state index contributed by atoms with van der Waals surface area (Å²) in [5.41, 5.74) is 29.2. The fourth-order valence-electron chi connectivity index (χ4n) is 11.2. The number of pyridine rings is 2. The number of aromatic nitrogens is 3. The molecule has 4 unspecified atom stereocenters. The molecule has 62 heavy (non-hydrogen) atoms. The topological polar surface area (TPSA) is 42.7 Å². The Hall–Kier alpha value is -6.52. The number of nitrogens with zero attached hydrogens (tertiary/aromatic N) is 3. The molecular weight excluding hydrogens is 753 g/mol. The van der Waals surface area contributed by atoms with Crippen molar-refractivity contribution in [2.45, 2.75) is 91.9 Å². The lowest BCUT2D eigenvalue weighted by Gasteiger charge is -2.42. The molecule has 3 aromatic heterocycles. The van der Waals surface area contributed by atoms with Crippen LogP contribution in [0.5, 0.6) is 0 Å². The maximum Gasteiger partial charge on any atom is 0.0642 e. The SMILES string of the molecule is Cc1ccc(C)c(C2=Cc3c(n(-c4cccnc4)c4c5c6c(cc34)C(C)C(C)c3cc(-c4cc(-c7cc(C)ccc7C)ccc4Nc4cccnc4)cc(c3-6)C(C)C5C)CC2)c1. The third-order valence-corrected chi connectivity index (χ3v) is 14.9. The molecule has 5 aromatic carbocycles. The van der Waals surface area contributed by atoms with E-state index in [0.29, 0.717) is 17.8 Å². The van der Waals surface area contributed by atoms with Gasteiger partial charge < -0.3 is 9.88 Å². The highest BCUT2D eigenvalue weighted by atomic mass is 15.0. The maximum absolute atomic E-state index is 4.69. The summed E-state index contributed by atoms with van der Waals surface area (Å²) in [6, 6.07) is 36.8. The fraction of sp³-hybridized carbons (Fsp3) is 0.241. The molecule has 8 aromatic rings. The van der Waals surface area contributed by atoms with Gasteiger partial charge in [-0.25, -0.2) is 0 Å². The quantitative estimate of drug-likeness (QED) is 0.182. The fourth-order valence-corrected chi connectivity index (χ4v) is 11.2. The minimum atomic E-state index is 0.284. The Balaban J connectivity index is 1.17. The van der Waals surface area contributed by atoms with Gasteiger partial charge in [0.15, 0.2) is 0 Å². The number of fused-ring (bicyclic) bond motifs is 4. The lowest BCUT2D eigenvalue weighted by Crippen LogP contribution is -2.23. The molecule has 0 saturated heterocycles. The molecule has 4 heteroatoms. The van der Waals surface area contributed by atoms with Gasteiger partial charge in [0, 0.05) is 40.3 Å². The first-order valence-corrected chi connectivity index (χ1v) is 22.6. The van der Waals surface area contributed by atoms with Crippen LogP contribution in [0, 0.1) is 27.7 Å². The second-order valence-corrected chi connectivity index (χ2v) is 18.7. The lowest BCUT2D eigenvalue weighted by atomic mass is 9.62. The zero-order valence-electron chi connectivity index (χ0n) is 37.2. The van der Waals surface area contributed by atoms with E-state index in [1.165, 1.54) is 111 Å². The van der Waals surface area contributed by atoms with Gasteiger partial charge in [-0.05, 0) is 185 Å². The van der Waals surface area contributed by atoms with E-state index in [2.05, 4.69) is 179 Å².